The third-order valence-electron chi connectivity index (χ3n) is 5.32. The molecule has 0 bridgehead atoms. The van der Waals surface area contributed by atoms with Crippen LogP contribution >= 0.6 is 0 Å². The Morgan fingerprint density at radius 1 is 1.21 bits per heavy atom. The number of carbonyl (C=O) groups is 1. The van der Waals surface area contributed by atoms with Crippen LogP contribution in [0.4, 0.5) is 5.69 Å². The van der Waals surface area contributed by atoms with E-state index in [1.165, 1.54) is 12.8 Å². The summed E-state index contributed by atoms with van der Waals surface area (Å²) in [6, 6.07) is 5.68. The van der Waals surface area contributed by atoms with Crippen molar-refractivity contribution in [3.63, 3.8) is 0 Å². The van der Waals surface area contributed by atoms with Crippen LogP contribution < -0.4 is 14.8 Å². The highest BCUT2D eigenvalue weighted by Crippen LogP contribution is 2.36. The van der Waals surface area contributed by atoms with Crippen LogP contribution in [0.15, 0.2) is 18.2 Å². The first kappa shape index (κ1) is 20.2. The molecule has 0 atom stereocenters. The first-order valence-corrected chi connectivity index (χ1v) is 10.1. The maximum absolute atomic E-state index is 12.7. The normalized spacial score (nSPS) is 14.5. The number of anilines is 1. The number of ether oxygens (including phenoxy) is 2. The number of hydrogen-bond acceptors (Lipinski definition) is 4. The van der Waals surface area contributed by atoms with Gasteiger partial charge in [0.15, 0.2) is 11.5 Å². The number of hydrogen-bond donors (Lipinski definition) is 2. The molecule has 3 rings (SSSR count). The van der Waals surface area contributed by atoms with Crippen LogP contribution in [0.3, 0.4) is 0 Å². The Labute approximate surface area is 167 Å². The van der Waals surface area contributed by atoms with Crippen LogP contribution in [-0.4, -0.2) is 30.3 Å². The van der Waals surface area contributed by atoms with E-state index in [2.05, 4.69) is 29.4 Å². The first-order chi connectivity index (χ1) is 13.5. The maximum atomic E-state index is 12.7. The van der Waals surface area contributed by atoms with Crippen molar-refractivity contribution < 1.29 is 14.3 Å². The van der Waals surface area contributed by atoms with E-state index in [-0.39, 0.29) is 5.91 Å². The minimum absolute atomic E-state index is 0.0695. The van der Waals surface area contributed by atoms with Crippen molar-refractivity contribution in [3.8, 4) is 22.8 Å². The number of amides is 1. The quantitative estimate of drug-likeness (QED) is 0.684. The number of nitrogens with one attached hydrogen (secondary N) is 2. The molecule has 2 N–H and O–H groups in total. The molecule has 0 aliphatic heterocycles. The van der Waals surface area contributed by atoms with Gasteiger partial charge in [-0.1, -0.05) is 26.7 Å². The molecular formula is C22H31N3O3. The van der Waals surface area contributed by atoms with Crippen molar-refractivity contribution in [3.05, 3.63) is 23.9 Å². The van der Waals surface area contributed by atoms with Gasteiger partial charge in [0.25, 0.3) is 0 Å². The molecule has 152 valence electrons. The van der Waals surface area contributed by atoms with Gasteiger partial charge >= 0.3 is 0 Å². The van der Waals surface area contributed by atoms with E-state index in [0.717, 1.165) is 41.9 Å². The predicted octanol–water partition coefficient (Wildman–Crippen LogP) is 4.81. The van der Waals surface area contributed by atoms with Gasteiger partial charge in [0, 0.05) is 12.0 Å². The van der Waals surface area contributed by atoms with E-state index >= 15 is 0 Å². The molecular weight excluding hydrogens is 354 g/mol. The van der Waals surface area contributed by atoms with Gasteiger partial charge in [-0.25, -0.2) is 0 Å². The molecule has 0 radical (unpaired) electrons. The number of aromatic amines is 1. The summed E-state index contributed by atoms with van der Waals surface area (Å²) in [5, 5.41) is 10.8. The molecule has 1 heterocycles. The van der Waals surface area contributed by atoms with Crippen LogP contribution in [0, 0.1) is 11.8 Å². The van der Waals surface area contributed by atoms with Gasteiger partial charge in [-0.3, -0.25) is 9.89 Å². The van der Waals surface area contributed by atoms with E-state index in [9.17, 15) is 4.79 Å². The van der Waals surface area contributed by atoms with Crippen LogP contribution in [0.25, 0.3) is 11.3 Å². The predicted molar refractivity (Wildman–Crippen MR) is 111 cm³/mol. The van der Waals surface area contributed by atoms with E-state index in [4.69, 9.17) is 9.47 Å². The summed E-state index contributed by atoms with van der Waals surface area (Å²) in [6.45, 7) is 4.31. The van der Waals surface area contributed by atoms with E-state index in [1.807, 2.05) is 18.2 Å². The minimum Gasteiger partial charge on any atom is -0.493 e. The standard InChI is InChI=1S/C22H31N3O3/c1-14(2)11-17-22(23-20(26)12-15-7-5-6-8-15)21(25-24-17)16-9-10-18(27-3)19(13-16)28-4/h9-10,13-15H,5-8,11-12H2,1-4H3,(H,23,26)(H,24,25). The third kappa shape index (κ3) is 4.66. The van der Waals surface area contributed by atoms with Crippen molar-refractivity contribution in [2.75, 3.05) is 19.5 Å². The topological polar surface area (TPSA) is 76.2 Å². The van der Waals surface area contributed by atoms with Gasteiger partial charge in [0.1, 0.15) is 5.69 Å². The fraction of sp³-hybridized carbons (Fsp3) is 0.545. The van der Waals surface area contributed by atoms with Gasteiger partial charge in [-0.15, -0.1) is 0 Å². The summed E-state index contributed by atoms with van der Waals surface area (Å²) in [6.07, 6.45) is 6.18. The van der Waals surface area contributed by atoms with Crippen molar-refractivity contribution in [2.24, 2.45) is 11.8 Å². The summed E-state index contributed by atoms with van der Waals surface area (Å²) < 4.78 is 10.8. The Morgan fingerprint density at radius 3 is 2.57 bits per heavy atom. The number of H-pyrrole nitrogens is 1. The Morgan fingerprint density at radius 2 is 1.93 bits per heavy atom. The molecule has 2 aromatic rings. The molecule has 6 nitrogen and oxygen atoms in total. The van der Waals surface area contributed by atoms with Crippen LogP contribution in [0.2, 0.25) is 0 Å². The molecule has 0 saturated heterocycles. The highest BCUT2D eigenvalue weighted by atomic mass is 16.5. The maximum Gasteiger partial charge on any atom is 0.224 e. The number of nitrogens with zero attached hydrogens (tertiary/aromatic N) is 1. The number of aromatic nitrogens is 2. The zero-order valence-corrected chi connectivity index (χ0v) is 17.3. The van der Waals surface area contributed by atoms with Crippen molar-refractivity contribution >= 4 is 11.6 Å². The van der Waals surface area contributed by atoms with Crippen LogP contribution in [-0.2, 0) is 11.2 Å². The average molecular weight is 386 g/mol. The van der Waals surface area contributed by atoms with Crippen molar-refractivity contribution in [1.82, 2.24) is 10.2 Å². The second kappa shape index (κ2) is 9.13. The summed E-state index contributed by atoms with van der Waals surface area (Å²) in [5.41, 5.74) is 3.35. The number of benzene rings is 1. The van der Waals surface area contributed by atoms with Crippen molar-refractivity contribution in [2.45, 2.75) is 52.4 Å². The monoisotopic (exact) mass is 385 g/mol. The summed E-state index contributed by atoms with van der Waals surface area (Å²) in [7, 11) is 3.22. The fourth-order valence-corrected chi connectivity index (χ4v) is 3.93. The molecule has 1 fully saturated rings. The van der Waals surface area contributed by atoms with Gasteiger partial charge in [-0.2, -0.15) is 5.10 Å². The average Bonchev–Trinajstić information content (AvgIpc) is 3.31. The molecule has 1 saturated carbocycles. The smallest absolute Gasteiger partial charge is 0.224 e. The number of rotatable bonds is 8. The number of methoxy groups -OCH3 is 2. The second-order valence-electron chi connectivity index (χ2n) is 8.00. The SMILES string of the molecule is COc1ccc(-c2n[nH]c(CC(C)C)c2NC(=O)CC2CCCC2)cc1OC. The molecule has 0 unspecified atom stereocenters. The van der Waals surface area contributed by atoms with Crippen molar-refractivity contribution in [1.29, 1.82) is 0 Å². The zero-order chi connectivity index (χ0) is 20.1. The van der Waals surface area contributed by atoms with Gasteiger partial charge < -0.3 is 14.8 Å². The third-order valence-corrected chi connectivity index (χ3v) is 5.32. The highest BCUT2D eigenvalue weighted by Gasteiger charge is 2.22. The summed E-state index contributed by atoms with van der Waals surface area (Å²) in [4.78, 5) is 12.7. The lowest BCUT2D eigenvalue weighted by atomic mass is 10.0. The molecule has 1 aromatic heterocycles. The molecule has 1 amide bonds. The van der Waals surface area contributed by atoms with Gasteiger partial charge in [-0.05, 0) is 49.3 Å². The van der Waals surface area contributed by atoms with Gasteiger partial charge in [0.2, 0.25) is 5.91 Å². The number of carbonyl (C=O) groups excluding carboxylic acids is 1. The molecule has 1 aromatic carbocycles. The Kier molecular flexibility index (Phi) is 6.60. The molecule has 1 aliphatic carbocycles. The lowest BCUT2D eigenvalue weighted by Gasteiger charge is -2.13. The minimum atomic E-state index is 0.0695. The van der Waals surface area contributed by atoms with Crippen LogP contribution in [0.5, 0.6) is 11.5 Å². The summed E-state index contributed by atoms with van der Waals surface area (Å²) >= 11 is 0. The largest absolute Gasteiger partial charge is 0.493 e. The lowest BCUT2D eigenvalue weighted by molar-refractivity contribution is -0.117. The van der Waals surface area contributed by atoms with E-state index in [1.54, 1.807) is 14.2 Å². The van der Waals surface area contributed by atoms with Gasteiger partial charge in [0.05, 0.1) is 25.6 Å². The fourth-order valence-electron chi connectivity index (χ4n) is 3.93. The lowest BCUT2D eigenvalue weighted by Crippen LogP contribution is -2.16. The summed E-state index contributed by atoms with van der Waals surface area (Å²) in [5.74, 6) is 2.32. The Hall–Kier alpha value is -2.50. The second-order valence-corrected chi connectivity index (χ2v) is 8.00. The Bertz CT molecular complexity index is 807. The molecule has 28 heavy (non-hydrogen) atoms. The highest BCUT2D eigenvalue weighted by molar-refractivity contribution is 5.95. The Balaban J connectivity index is 1.90. The molecule has 1 aliphatic rings. The first-order valence-electron chi connectivity index (χ1n) is 10.1. The zero-order valence-electron chi connectivity index (χ0n) is 17.3. The van der Waals surface area contributed by atoms with E-state index in [0.29, 0.717) is 29.8 Å². The van der Waals surface area contributed by atoms with Crippen LogP contribution in [0.1, 0.15) is 51.6 Å². The molecule has 6 heteroatoms. The van der Waals surface area contributed by atoms with E-state index < -0.39 is 0 Å². The molecule has 0 spiro atoms.